The largest absolute Gasteiger partial charge is 0.493 e. The minimum Gasteiger partial charge on any atom is -0.493 e. The maximum absolute atomic E-state index is 12.5. The second-order valence-electron chi connectivity index (χ2n) is 5.35. The van der Waals surface area contributed by atoms with Crippen LogP contribution < -0.4 is 20.1 Å². The molecule has 0 unspecified atom stereocenters. The average Bonchev–Trinajstić information content (AvgIpc) is 2.60. The number of hydrogen-bond acceptors (Lipinski definition) is 6. The second kappa shape index (κ2) is 8.66. The molecule has 1 heterocycles. The summed E-state index contributed by atoms with van der Waals surface area (Å²) in [6, 6.07) is 4.19. The number of carbonyl (C=O) groups is 2. The number of ether oxygens (including phenoxy) is 3. The normalized spacial score (nSPS) is 19.6. The van der Waals surface area contributed by atoms with Crippen LogP contribution in [0.15, 0.2) is 30.5 Å². The van der Waals surface area contributed by atoms with E-state index in [0.717, 1.165) is 0 Å². The van der Waals surface area contributed by atoms with Gasteiger partial charge in [-0.15, -0.1) is 0 Å². The van der Waals surface area contributed by atoms with Gasteiger partial charge in [0.15, 0.2) is 11.5 Å². The quantitative estimate of drug-likeness (QED) is 0.568. The molecule has 0 aliphatic carbocycles. The summed E-state index contributed by atoms with van der Waals surface area (Å²) in [6.45, 7) is 4.12. The minimum absolute atomic E-state index is 0.302. The van der Waals surface area contributed by atoms with Crippen LogP contribution in [-0.4, -0.2) is 44.8 Å². The fourth-order valence-electron chi connectivity index (χ4n) is 2.60. The fraction of sp³-hybridized carbons (Fsp3) is 0.412. The summed E-state index contributed by atoms with van der Waals surface area (Å²) in [5, 5.41) is 5.31. The van der Waals surface area contributed by atoms with E-state index in [0.29, 0.717) is 35.1 Å². The molecule has 1 aliphatic heterocycles. The first-order valence-electron chi connectivity index (χ1n) is 7.65. The first-order chi connectivity index (χ1) is 12.0. The van der Waals surface area contributed by atoms with Gasteiger partial charge >= 0.3 is 12.0 Å². The van der Waals surface area contributed by atoms with E-state index < -0.39 is 24.0 Å². The van der Waals surface area contributed by atoms with E-state index in [1.807, 2.05) is 6.26 Å². The lowest BCUT2D eigenvalue weighted by Gasteiger charge is -2.33. The number of hydrogen-bond donors (Lipinski definition) is 2. The monoisotopic (exact) mass is 366 g/mol. The van der Waals surface area contributed by atoms with Crippen molar-refractivity contribution in [3.05, 3.63) is 36.0 Å². The van der Waals surface area contributed by atoms with E-state index in [2.05, 4.69) is 17.2 Å². The lowest BCUT2D eigenvalue weighted by atomic mass is 9.89. The number of amides is 2. The van der Waals surface area contributed by atoms with Crippen molar-refractivity contribution in [2.45, 2.75) is 6.04 Å². The summed E-state index contributed by atoms with van der Waals surface area (Å²) in [6.07, 6.45) is 1.93. The molecule has 1 aromatic rings. The van der Waals surface area contributed by atoms with Gasteiger partial charge in [-0.25, -0.2) is 4.79 Å². The number of benzene rings is 1. The molecular weight excluding hydrogens is 344 g/mol. The number of nitrogens with one attached hydrogen (secondary N) is 2. The van der Waals surface area contributed by atoms with Crippen LogP contribution in [0.3, 0.4) is 0 Å². The second-order valence-corrected chi connectivity index (χ2v) is 6.34. The van der Waals surface area contributed by atoms with Gasteiger partial charge in [-0.3, -0.25) is 4.79 Å². The Balaban J connectivity index is 2.31. The Morgan fingerprint density at radius 2 is 2.00 bits per heavy atom. The summed E-state index contributed by atoms with van der Waals surface area (Å²) in [5.41, 5.74) is 0.998. The number of carbonyl (C=O) groups excluding carboxylic acids is 2. The van der Waals surface area contributed by atoms with Crippen molar-refractivity contribution < 1.29 is 23.8 Å². The zero-order valence-corrected chi connectivity index (χ0v) is 15.3. The molecule has 2 N–H and O–H groups in total. The molecule has 1 aromatic carbocycles. The molecule has 8 heteroatoms. The van der Waals surface area contributed by atoms with Gasteiger partial charge in [-0.05, 0) is 24.0 Å². The first kappa shape index (κ1) is 19.0. The van der Waals surface area contributed by atoms with Crippen molar-refractivity contribution in [2.24, 2.45) is 5.92 Å². The third-order valence-electron chi connectivity index (χ3n) is 3.82. The Hall–Kier alpha value is -2.35. The van der Waals surface area contributed by atoms with Crippen molar-refractivity contribution in [3.8, 4) is 11.5 Å². The van der Waals surface area contributed by atoms with Crippen LogP contribution in [0.5, 0.6) is 11.5 Å². The Labute approximate surface area is 151 Å². The average molecular weight is 366 g/mol. The van der Waals surface area contributed by atoms with Crippen LogP contribution in [0.1, 0.15) is 11.6 Å². The minimum atomic E-state index is -0.738. The highest BCUT2D eigenvalue weighted by Gasteiger charge is 2.39. The number of thioether (sulfide) groups is 1. The molecule has 136 valence electrons. The Kier molecular flexibility index (Phi) is 6.58. The van der Waals surface area contributed by atoms with Crippen LogP contribution in [-0.2, 0) is 9.53 Å². The van der Waals surface area contributed by atoms with Crippen LogP contribution >= 0.6 is 11.8 Å². The molecule has 2 amide bonds. The topological polar surface area (TPSA) is 85.9 Å². The van der Waals surface area contributed by atoms with Gasteiger partial charge in [0.2, 0.25) is 0 Å². The van der Waals surface area contributed by atoms with Crippen LogP contribution in [0.25, 0.3) is 0 Å². The maximum Gasteiger partial charge on any atom is 0.319 e. The third kappa shape index (κ3) is 4.39. The van der Waals surface area contributed by atoms with Gasteiger partial charge in [-0.1, -0.05) is 12.6 Å². The van der Waals surface area contributed by atoms with Crippen molar-refractivity contribution in [2.75, 3.05) is 32.8 Å². The molecule has 0 radical (unpaired) electrons. The van der Waals surface area contributed by atoms with Gasteiger partial charge < -0.3 is 24.8 Å². The molecule has 2 atom stereocenters. The molecule has 7 nitrogen and oxygen atoms in total. The van der Waals surface area contributed by atoms with Crippen LogP contribution in [0.4, 0.5) is 4.79 Å². The fourth-order valence-corrected chi connectivity index (χ4v) is 2.85. The van der Waals surface area contributed by atoms with E-state index >= 15 is 0 Å². The molecular formula is C17H22N2O5S. The van der Waals surface area contributed by atoms with Gasteiger partial charge in [0.05, 0.1) is 20.3 Å². The lowest BCUT2D eigenvalue weighted by molar-refractivity contribution is -0.147. The van der Waals surface area contributed by atoms with E-state index in [9.17, 15) is 9.59 Å². The van der Waals surface area contributed by atoms with Gasteiger partial charge in [0.25, 0.3) is 0 Å². The van der Waals surface area contributed by atoms with Crippen molar-refractivity contribution in [1.29, 1.82) is 0 Å². The summed E-state index contributed by atoms with van der Waals surface area (Å²) in [5.74, 6) is 0.590. The first-order valence-corrected chi connectivity index (χ1v) is 9.05. The van der Waals surface area contributed by atoms with Gasteiger partial charge in [0.1, 0.15) is 12.5 Å². The zero-order valence-electron chi connectivity index (χ0n) is 14.5. The van der Waals surface area contributed by atoms with Crippen LogP contribution in [0, 0.1) is 5.92 Å². The molecule has 0 saturated carbocycles. The molecule has 0 aromatic heterocycles. The van der Waals surface area contributed by atoms with E-state index in [-0.39, 0.29) is 0 Å². The molecule has 25 heavy (non-hydrogen) atoms. The molecule has 0 spiro atoms. The number of rotatable bonds is 7. The lowest BCUT2D eigenvalue weighted by Crippen LogP contribution is -2.51. The SMILES string of the molecule is C=C1NC(=O)N[C@H](c2ccc(OC)c(OC)c2)[C@H]1C(=O)OCCSC. The predicted octanol–water partition coefficient (Wildman–Crippen LogP) is 2.09. The van der Waals surface area contributed by atoms with Gasteiger partial charge in [-0.2, -0.15) is 11.8 Å². The molecule has 1 saturated heterocycles. The summed E-state index contributed by atoms with van der Waals surface area (Å²) < 4.78 is 15.8. The standard InChI is InChI=1S/C17H22N2O5S/c1-10-14(16(20)24-7-8-25-4)15(19-17(21)18-10)11-5-6-12(22-2)13(9-11)23-3/h5-6,9,14-15H,1,7-8H2,2-4H3,(H2,18,19,21)/t14-,15+/m0/s1. The number of methoxy groups -OCH3 is 2. The third-order valence-corrected chi connectivity index (χ3v) is 4.40. The zero-order chi connectivity index (χ0) is 18.4. The highest BCUT2D eigenvalue weighted by molar-refractivity contribution is 7.98. The van der Waals surface area contributed by atoms with Crippen molar-refractivity contribution in [3.63, 3.8) is 0 Å². The predicted molar refractivity (Wildman–Crippen MR) is 95.9 cm³/mol. The number of urea groups is 1. The van der Waals surface area contributed by atoms with Crippen molar-refractivity contribution in [1.82, 2.24) is 10.6 Å². The van der Waals surface area contributed by atoms with E-state index in [1.54, 1.807) is 30.0 Å². The smallest absolute Gasteiger partial charge is 0.319 e. The molecule has 2 rings (SSSR count). The Morgan fingerprint density at radius 3 is 2.64 bits per heavy atom. The summed E-state index contributed by atoms with van der Waals surface area (Å²) in [4.78, 5) is 24.4. The molecule has 1 fully saturated rings. The summed E-state index contributed by atoms with van der Waals surface area (Å²) in [7, 11) is 3.06. The highest BCUT2D eigenvalue weighted by Crippen LogP contribution is 2.35. The summed E-state index contributed by atoms with van der Waals surface area (Å²) >= 11 is 1.58. The highest BCUT2D eigenvalue weighted by atomic mass is 32.2. The Bertz CT molecular complexity index is 664. The molecule has 1 aliphatic rings. The Morgan fingerprint density at radius 1 is 1.28 bits per heavy atom. The van der Waals surface area contributed by atoms with E-state index in [4.69, 9.17) is 14.2 Å². The maximum atomic E-state index is 12.5. The number of esters is 1. The molecule has 0 bridgehead atoms. The van der Waals surface area contributed by atoms with Gasteiger partial charge in [0, 0.05) is 11.4 Å². The van der Waals surface area contributed by atoms with E-state index in [1.165, 1.54) is 14.2 Å². The van der Waals surface area contributed by atoms with Crippen molar-refractivity contribution >= 4 is 23.8 Å². The van der Waals surface area contributed by atoms with Crippen LogP contribution in [0.2, 0.25) is 0 Å².